The topological polar surface area (TPSA) is 0 Å². The zero-order valence-corrected chi connectivity index (χ0v) is 14.2. The van der Waals surface area contributed by atoms with Crippen molar-refractivity contribution in [2.45, 2.75) is 87.5 Å². The summed E-state index contributed by atoms with van der Waals surface area (Å²) in [4.78, 5) is 0. The monoisotopic (exact) mass is 252 g/mol. The van der Waals surface area contributed by atoms with E-state index in [1.54, 1.807) is 11.1 Å². The Morgan fingerprint density at radius 1 is 0.889 bits per heavy atom. The summed E-state index contributed by atoms with van der Waals surface area (Å²) in [6.45, 7) is 18.8. The fourth-order valence-corrected chi connectivity index (χ4v) is 2.29. The lowest BCUT2D eigenvalue weighted by Gasteiger charge is -2.23. The molecular formula is C18H36. The summed E-state index contributed by atoms with van der Waals surface area (Å²) < 4.78 is 0. The highest BCUT2D eigenvalue weighted by molar-refractivity contribution is 5.14. The minimum atomic E-state index is 0.461. The first-order chi connectivity index (χ1) is 8.21. The van der Waals surface area contributed by atoms with E-state index in [2.05, 4.69) is 55.4 Å². The van der Waals surface area contributed by atoms with Gasteiger partial charge in [0.1, 0.15) is 0 Å². The first-order valence-electron chi connectivity index (χ1n) is 7.91. The Kier molecular flexibility index (Phi) is 7.90. The molecule has 0 N–H and O–H groups in total. The third-order valence-corrected chi connectivity index (χ3v) is 4.24. The average Bonchev–Trinajstić information content (AvgIpc) is 2.26. The fraction of sp³-hybridized carbons (Fsp3) is 0.889. The lowest BCUT2D eigenvalue weighted by atomic mass is 9.83. The molecular weight excluding hydrogens is 216 g/mol. The molecule has 0 aliphatic rings. The molecule has 1 unspecified atom stereocenters. The van der Waals surface area contributed by atoms with Gasteiger partial charge in [0.2, 0.25) is 0 Å². The molecule has 0 nitrogen and oxygen atoms in total. The fourth-order valence-electron chi connectivity index (χ4n) is 2.29. The van der Waals surface area contributed by atoms with E-state index in [1.165, 1.54) is 32.1 Å². The van der Waals surface area contributed by atoms with Crippen LogP contribution >= 0.6 is 0 Å². The molecule has 0 fully saturated rings. The van der Waals surface area contributed by atoms with Gasteiger partial charge in [0.05, 0.1) is 0 Å². The smallest absolute Gasteiger partial charge is 0.0289 e. The summed E-state index contributed by atoms with van der Waals surface area (Å²) in [5.74, 6) is 1.61. The first kappa shape index (κ1) is 17.7. The standard InChI is InChI=1S/C18H36/c1-9-16(11-12-18(6,7)8)17(10-2)13-15(5)14(3)4/h14-15H,9-13H2,1-8H3. The van der Waals surface area contributed by atoms with E-state index in [9.17, 15) is 0 Å². The second-order valence-corrected chi connectivity index (χ2v) is 7.40. The molecule has 0 rings (SSSR count). The molecule has 0 spiro atoms. The number of hydrogen-bond acceptors (Lipinski definition) is 0. The van der Waals surface area contributed by atoms with Gasteiger partial charge >= 0.3 is 0 Å². The number of rotatable bonds is 7. The van der Waals surface area contributed by atoms with Crippen molar-refractivity contribution in [3.8, 4) is 0 Å². The SMILES string of the molecule is CCC(CCC(C)(C)C)=C(CC)CC(C)C(C)C. The van der Waals surface area contributed by atoms with Crippen LogP contribution in [0.15, 0.2) is 11.1 Å². The van der Waals surface area contributed by atoms with Crippen molar-refractivity contribution in [1.29, 1.82) is 0 Å². The molecule has 0 heterocycles. The van der Waals surface area contributed by atoms with Gasteiger partial charge in [-0.25, -0.2) is 0 Å². The van der Waals surface area contributed by atoms with Crippen molar-refractivity contribution in [3.63, 3.8) is 0 Å². The molecule has 0 saturated heterocycles. The Hall–Kier alpha value is -0.260. The maximum absolute atomic E-state index is 2.40. The second kappa shape index (κ2) is 8.02. The van der Waals surface area contributed by atoms with Crippen LogP contribution in [-0.4, -0.2) is 0 Å². The molecule has 18 heavy (non-hydrogen) atoms. The van der Waals surface area contributed by atoms with Crippen molar-refractivity contribution in [2.75, 3.05) is 0 Å². The van der Waals surface area contributed by atoms with Crippen LogP contribution in [0.3, 0.4) is 0 Å². The summed E-state index contributed by atoms with van der Waals surface area (Å²) in [7, 11) is 0. The van der Waals surface area contributed by atoms with Gasteiger partial charge in [-0.15, -0.1) is 0 Å². The summed E-state index contributed by atoms with van der Waals surface area (Å²) >= 11 is 0. The molecule has 0 aromatic rings. The molecule has 0 saturated carbocycles. The van der Waals surface area contributed by atoms with Crippen molar-refractivity contribution in [3.05, 3.63) is 11.1 Å². The average molecular weight is 252 g/mol. The van der Waals surface area contributed by atoms with E-state index < -0.39 is 0 Å². The van der Waals surface area contributed by atoms with Crippen LogP contribution < -0.4 is 0 Å². The van der Waals surface area contributed by atoms with Gasteiger partial charge in [-0.3, -0.25) is 0 Å². The Morgan fingerprint density at radius 3 is 1.72 bits per heavy atom. The van der Waals surface area contributed by atoms with Crippen molar-refractivity contribution < 1.29 is 0 Å². The maximum atomic E-state index is 2.40. The third kappa shape index (κ3) is 7.24. The van der Waals surface area contributed by atoms with E-state index in [0.29, 0.717) is 5.41 Å². The third-order valence-electron chi connectivity index (χ3n) is 4.24. The van der Waals surface area contributed by atoms with Gasteiger partial charge in [-0.2, -0.15) is 0 Å². The zero-order valence-electron chi connectivity index (χ0n) is 14.2. The Balaban J connectivity index is 4.72. The predicted molar refractivity (Wildman–Crippen MR) is 84.9 cm³/mol. The van der Waals surface area contributed by atoms with Crippen LogP contribution in [0.25, 0.3) is 0 Å². The van der Waals surface area contributed by atoms with E-state index in [4.69, 9.17) is 0 Å². The minimum Gasteiger partial charge on any atom is -0.0713 e. The van der Waals surface area contributed by atoms with Gasteiger partial charge in [0, 0.05) is 0 Å². The molecule has 0 amide bonds. The Labute approximate surface area is 116 Å². The van der Waals surface area contributed by atoms with Crippen LogP contribution in [-0.2, 0) is 0 Å². The highest BCUT2D eigenvalue weighted by atomic mass is 14.2. The Bertz CT molecular complexity index is 250. The predicted octanol–water partition coefficient (Wildman–Crippen LogP) is 6.61. The Morgan fingerprint density at radius 2 is 1.39 bits per heavy atom. The molecule has 108 valence electrons. The lowest BCUT2D eigenvalue weighted by molar-refractivity contribution is 0.373. The molecule has 0 bridgehead atoms. The molecule has 0 aromatic heterocycles. The summed E-state index contributed by atoms with van der Waals surface area (Å²) in [5.41, 5.74) is 3.94. The zero-order chi connectivity index (χ0) is 14.3. The highest BCUT2D eigenvalue weighted by Crippen LogP contribution is 2.30. The van der Waals surface area contributed by atoms with E-state index in [1.807, 2.05) is 0 Å². The molecule has 0 aliphatic heterocycles. The van der Waals surface area contributed by atoms with E-state index in [0.717, 1.165) is 11.8 Å². The molecule has 1 atom stereocenters. The van der Waals surface area contributed by atoms with Crippen LogP contribution in [0.5, 0.6) is 0 Å². The summed E-state index contributed by atoms with van der Waals surface area (Å²) in [6, 6.07) is 0. The van der Waals surface area contributed by atoms with Crippen molar-refractivity contribution in [2.24, 2.45) is 17.3 Å². The quantitative estimate of drug-likeness (QED) is 0.447. The van der Waals surface area contributed by atoms with Gasteiger partial charge < -0.3 is 0 Å². The van der Waals surface area contributed by atoms with Crippen LogP contribution in [0, 0.1) is 17.3 Å². The lowest BCUT2D eigenvalue weighted by Crippen LogP contribution is -2.08. The largest absolute Gasteiger partial charge is 0.0713 e. The molecule has 0 aliphatic carbocycles. The van der Waals surface area contributed by atoms with Crippen molar-refractivity contribution >= 4 is 0 Å². The van der Waals surface area contributed by atoms with Crippen molar-refractivity contribution in [1.82, 2.24) is 0 Å². The maximum Gasteiger partial charge on any atom is -0.0289 e. The number of allylic oxidation sites excluding steroid dienone is 2. The van der Waals surface area contributed by atoms with Gasteiger partial charge in [0.15, 0.2) is 0 Å². The van der Waals surface area contributed by atoms with Gasteiger partial charge in [-0.1, -0.05) is 66.5 Å². The van der Waals surface area contributed by atoms with Gasteiger partial charge in [-0.05, 0) is 49.4 Å². The van der Waals surface area contributed by atoms with E-state index in [-0.39, 0.29) is 0 Å². The summed E-state index contributed by atoms with van der Waals surface area (Å²) in [6.07, 6.45) is 6.40. The van der Waals surface area contributed by atoms with E-state index >= 15 is 0 Å². The normalized spacial score (nSPS) is 15.8. The highest BCUT2D eigenvalue weighted by Gasteiger charge is 2.15. The molecule has 0 heteroatoms. The molecule has 0 aromatic carbocycles. The molecule has 0 radical (unpaired) electrons. The minimum absolute atomic E-state index is 0.461. The first-order valence-corrected chi connectivity index (χ1v) is 7.91. The van der Waals surface area contributed by atoms with Gasteiger partial charge in [0.25, 0.3) is 0 Å². The van der Waals surface area contributed by atoms with Crippen LogP contribution in [0.4, 0.5) is 0 Å². The number of hydrogen-bond donors (Lipinski definition) is 0. The van der Waals surface area contributed by atoms with Crippen LogP contribution in [0.2, 0.25) is 0 Å². The second-order valence-electron chi connectivity index (χ2n) is 7.40. The summed E-state index contributed by atoms with van der Waals surface area (Å²) in [5, 5.41) is 0. The van der Waals surface area contributed by atoms with Crippen LogP contribution in [0.1, 0.15) is 87.5 Å².